The van der Waals surface area contributed by atoms with Crippen LogP contribution in [0.25, 0.3) is 0 Å². The van der Waals surface area contributed by atoms with Crippen LogP contribution in [0.1, 0.15) is 19.8 Å². The summed E-state index contributed by atoms with van der Waals surface area (Å²) < 4.78 is 6.52. The Morgan fingerprint density at radius 3 is 3.06 bits per heavy atom. The number of halogens is 2. The van der Waals surface area contributed by atoms with Crippen molar-refractivity contribution in [1.29, 1.82) is 0 Å². The molecule has 16 heavy (non-hydrogen) atoms. The fraction of sp³-hybridized carbons (Fsp3) is 0.545. The molecule has 1 aromatic rings. The van der Waals surface area contributed by atoms with E-state index in [1.54, 1.807) is 6.20 Å². The number of aromatic nitrogens is 1. The van der Waals surface area contributed by atoms with Gasteiger partial charge >= 0.3 is 0 Å². The van der Waals surface area contributed by atoms with Gasteiger partial charge in [-0.1, -0.05) is 11.6 Å². The molecule has 1 aliphatic rings. The lowest BCUT2D eigenvalue weighted by atomic mass is 10.2. The molecule has 5 heteroatoms. The van der Waals surface area contributed by atoms with Crippen LogP contribution in [-0.2, 0) is 4.74 Å². The molecule has 1 saturated heterocycles. The number of rotatable bonds is 3. The van der Waals surface area contributed by atoms with Gasteiger partial charge in [0.15, 0.2) is 0 Å². The SMILES string of the molecule is CC1CCC(CNc2cnc(Cl)c(Br)c2)O1. The minimum atomic E-state index is 0.310. The average molecular weight is 306 g/mol. The fourth-order valence-electron chi connectivity index (χ4n) is 1.78. The molecule has 2 unspecified atom stereocenters. The zero-order valence-electron chi connectivity index (χ0n) is 9.04. The van der Waals surface area contributed by atoms with Crippen LogP contribution < -0.4 is 5.32 Å². The molecule has 0 amide bonds. The predicted molar refractivity (Wildman–Crippen MR) is 69.0 cm³/mol. The molecule has 88 valence electrons. The minimum absolute atomic E-state index is 0.310. The molecule has 3 nitrogen and oxygen atoms in total. The molecule has 0 spiro atoms. The van der Waals surface area contributed by atoms with Crippen molar-refractivity contribution in [2.75, 3.05) is 11.9 Å². The first-order valence-corrected chi connectivity index (χ1v) is 6.52. The first-order valence-electron chi connectivity index (χ1n) is 5.35. The Hall–Kier alpha value is -0.320. The maximum atomic E-state index is 5.82. The Balaban J connectivity index is 1.87. The number of anilines is 1. The smallest absolute Gasteiger partial charge is 0.143 e. The highest BCUT2D eigenvalue weighted by Crippen LogP contribution is 2.24. The fourth-order valence-corrected chi connectivity index (χ4v) is 2.24. The number of nitrogens with one attached hydrogen (secondary N) is 1. The van der Waals surface area contributed by atoms with Gasteiger partial charge in [-0.2, -0.15) is 0 Å². The third kappa shape index (κ3) is 3.09. The van der Waals surface area contributed by atoms with Gasteiger partial charge in [0.2, 0.25) is 0 Å². The van der Waals surface area contributed by atoms with Crippen LogP contribution in [-0.4, -0.2) is 23.7 Å². The monoisotopic (exact) mass is 304 g/mol. The van der Waals surface area contributed by atoms with Crippen LogP contribution in [0.5, 0.6) is 0 Å². The molecule has 0 radical (unpaired) electrons. The van der Waals surface area contributed by atoms with Crippen molar-refractivity contribution in [3.05, 3.63) is 21.9 Å². The Bertz CT molecular complexity index is 375. The molecule has 0 bridgehead atoms. The summed E-state index contributed by atoms with van der Waals surface area (Å²) in [6.45, 7) is 2.93. The topological polar surface area (TPSA) is 34.2 Å². The van der Waals surface area contributed by atoms with Crippen molar-refractivity contribution in [1.82, 2.24) is 4.98 Å². The quantitative estimate of drug-likeness (QED) is 0.868. The second-order valence-electron chi connectivity index (χ2n) is 4.02. The first-order chi connectivity index (χ1) is 7.65. The Labute approximate surface area is 109 Å². The zero-order chi connectivity index (χ0) is 11.5. The number of pyridine rings is 1. The number of ether oxygens (including phenoxy) is 1. The van der Waals surface area contributed by atoms with E-state index in [4.69, 9.17) is 16.3 Å². The van der Waals surface area contributed by atoms with Crippen molar-refractivity contribution in [3.8, 4) is 0 Å². The summed E-state index contributed by atoms with van der Waals surface area (Å²) in [5.74, 6) is 0. The number of hydrogen-bond donors (Lipinski definition) is 1. The normalized spacial score (nSPS) is 24.7. The van der Waals surface area contributed by atoms with Crippen LogP contribution in [0.3, 0.4) is 0 Å². The predicted octanol–water partition coefficient (Wildman–Crippen LogP) is 3.48. The van der Waals surface area contributed by atoms with E-state index >= 15 is 0 Å². The molecule has 0 aliphatic carbocycles. The van der Waals surface area contributed by atoms with E-state index in [-0.39, 0.29) is 0 Å². The van der Waals surface area contributed by atoms with Crippen LogP contribution in [0.4, 0.5) is 5.69 Å². The van der Waals surface area contributed by atoms with Crippen LogP contribution in [0.2, 0.25) is 5.15 Å². The number of hydrogen-bond acceptors (Lipinski definition) is 3. The van der Waals surface area contributed by atoms with E-state index in [9.17, 15) is 0 Å². The molecule has 1 N–H and O–H groups in total. The van der Waals surface area contributed by atoms with Crippen LogP contribution in [0, 0.1) is 0 Å². The lowest BCUT2D eigenvalue weighted by molar-refractivity contribution is 0.0637. The summed E-state index contributed by atoms with van der Waals surface area (Å²) in [5.41, 5.74) is 0.958. The van der Waals surface area contributed by atoms with Gasteiger partial charge in [0.1, 0.15) is 5.15 Å². The largest absolute Gasteiger partial charge is 0.381 e. The van der Waals surface area contributed by atoms with E-state index in [1.165, 1.54) is 0 Å². The minimum Gasteiger partial charge on any atom is -0.381 e. The molecule has 2 rings (SSSR count). The van der Waals surface area contributed by atoms with Gasteiger partial charge in [0, 0.05) is 6.54 Å². The molecule has 2 heterocycles. The molecule has 0 aromatic carbocycles. The molecule has 2 atom stereocenters. The summed E-state index contributed by atoms with van der Waals surface area (Å²) >= 11 is 9.16. The third-order valence-electron chi connectivity index (χ3n) is 2.65. The van der Waals surface area contributed by atoms with Gasteiger partial charge in [0.25, 0.3) is 0 Å². The second kappa shape index (κ2) is 5.34. The summed E-state index contributed by atoms with van der Waals surface area (Å²) in [4.78, 5) is 4.05. The van der Waals surface area contributed by atoms with Gasteiger partial charge in [-0.25, -0.2) is 4.98 Å². The van der Waals surface area contributed by atoms with E-state index in [2.05, 4.69) is 33.2 Å². The van der Waals surface area contributed by atoms with E-state index in [0.29, 0.717) is 17.4 Å². The molecule has 1 aliphatic heterocycles. The molecular weight excluding hydrogens is 291 g/mol. The van der Waals surface area contributed by atoms with E-state index in [0.717, 1.165) is 29.5 Å². The Morgan fingerprint density at radius 2 is 2.44 bits per heavy atom. The zero-order valence-corrected chi connectivity index (χ0v) is 11.4. The number of nitrogens with zero attached hydrogens (tertiary/aromatic N) is 1. The molecular formula is C11H14BrClN2O. The second-order valence-corrected chi connectivity index (χ2v) is 5.24. The summed E-state index contributed by atoms with van der Waals surface area (Å²) in [6.07, 6.45) is 4.70. The highest BCUT2D eigenvalue weighted by atomic mass is 79.9. The Morgan fingerprint density at radius 1 is 1.62 bits per heavy atom. The van der Waals surface area contributed by atoms with Gasteiger partial charge in [-0.3, -0.25) is 0 Å². The third-order valence-corrected chi connectivity index (χ3v) is 3.78. The van der Waals surface area contributed by atoms with E-state index in [1.807, 2.05) is 6.07 Å². The van der Waals surface area contributed by atoms with Crippen molar-refractivity contribution in [3.63, 3.8) is 0 Å². The van der Waals surface area contributed by atoms with Crippen molar-refractivity contribution >= 4 is 33.2 Å². The molecule has 1 fully saturated rings. The van der Waals surface area contributed by atoms with Crippen LogP contribution in [0.15, 0.2) is 16.7 Å². The van der Waals surface area contributed by atoms with Crippen molar-refractivity contribution in [2.45, 2.75) is 32.0 Å². The van der Waals surface area contributed by atoms with Gasteiger partial charge in [0.05, 0.1) is 28.6 Å². The van der Waals surface area contributed by atoms with Crippen molar-refractivity contribution < 1.29 is 4.74 Å². The lowest BCUT2D eigenvalue weighted by Crippen LogP contribution is -2.19. The standard InChI is InChI=1S/C11H14BrClN2O/c1-7-2-3-9(16-7)6-14-8-4-10(12)11(13)15-5-8/h4-5,7,9,14H,2-3,6H2,1H3. The molecule has 0 saturated carbocycles. The van der Waals surface area contributed by atoms with Gasteiger partial charge in [-0.05, 0) is 41.8 Å². The summed E-state index contributed by atoms with van der Waals surface area (Å²) in [7, 11) is 0. The Kier molecular flexibility index (Phi) is 4.05. The van der Waals surface area contributed by atoms with Crippen LogP contribution >= 0.6 is 27.5 Å². The maximum Gasteiger partial charge on any atom is 0.143 e. The van der Waals surface area contributed by atoms with Crippen molar-refractivity contribution in [2.24, 2.45) is 0 Å². The van der Waals surface area contributed by atoms with Gasteiger partial charge < -0.3 is 10.1 Å². The summed E-state index contributed by atoms with van der Waals surface area (Å²) in [6, 6.07) is 1.92. The average Bonchev–Trinajstić information content (AvgIpc) is 2.66. The molecule has 1 aromatic heterocycles. The van der Waals surface area contributed by atoms with E-state index < -0.39 is 0 Å². The first kappa shape index (κ1) is 12.1. The maximum absolute atomic E-state index is 5.82. The highest BCUT2D eigenvalue weighted by molar-refractivity contribution is 9.10. The lowest BCUT2D eigenvalue weighted by Gasteiger charge is -2.13. The summed E-state index contributed by atoms with van der Waals surface area (Å²) in [5, 5.41) is 3.78. The highest BCUT2D eigenvalue weighted by Gasteiger charge is 2.21. The van der Waals surface area contributed by atoms with Gasteiger partial charge in [-0.15, -0.1) is 0 Å².